The number of amides is 1. The van der Waals surface area contributed by atoms with Crippen LogP contribution in [0.3, 0.4) is 0 Å². The molecule has 7 heteroatoms. The number of hydrogen-bond acceptors (Lipinski definition) is 3. The molecule has 0 aliphatic carbocycles. The number of pyridine rings is 1. The molecular formula is C16H14Cl2N4O. The lowest BCUT2D eigenvalue weighted by Crippen LogP contribution is -2.22. The standard InChI is InChI=1S/C16H14Cl2N4O/c1-19-14(23)9-22-8-6-10-13(22)5-7-20-16(10)21-15-11(17)3-2-4-12(15)18/h2-8H,9H2,1H3,(H,19,23)(H,20,21). The fourth-order valence-corrected chi connectivity index (χ4v) is 2.82. The van der Waals surface area contributed by atoms with Gasteiger partial charge in [0.2, 0.25) is 5.91 Å². The van der Waals surface area contributed by atoms with Gasteiger partial charge in [0.25, 0.3) is 0 Å². The van der Waals surface area contributed by atoms with Crippen LogP contribution in [0.2, 0.25) is 10.0 Å². The minimum atomic E-state index is -0.0667. The molecule has 118 valence electrons. The minimum Gasteiger partial charge on any atom is -0.358 e. The summed E-state index contributed by atoms with van der Waals surface area (Å²) in [5.74, 6) is 0.566. The number of carbonyl (C=O) groups excluding carboxylic acids is 1. The third-order valence-electron chi connectivity index (χ3n) is 3.50. The second-order valence-corrected chi connectivity index (χ2v) is 5.75. The SMILES string of the molecule is CNC(=O)Cn1ccc2c(Nc3c(Cl)cccc3Cl)nccc21. The van der Waals surface area contributed by atoms with Crippen molar-refractivity contribution in [3.63, 3.8) is 0 Å². The molecule has 23 heavy (non-hydrogen) atoms. The molecule has 1 amide bonds. The first kappa shape index (κ1) is 15.6. The van der Waals surface area contributed by atoms with Gasteiger partial charge in [0.1, 0.15) is 12.4 Å². The molecule has 3 aromatic rings. The Kier molecular flexibility index (Phi) is 4.41. The number of nitrogens with zero attached hydrogens (tertiary/aromatic N) is 2. The number of fused-ring (bicyclic) bond motifs is 1. The van der Waals surface area contributed by atoms with Crippen LogP contribution in [0.5, 0.6) is 0 Å². The number of nitrogens with one attached hydrogen (secondary N) is 2. The van der Waals surface area contributed by atoms with Crippen LogP contribution < -0.4 is 10.6 Å². The molecule has 0 radical (unpaired) electrons. The molecule has 3 rings (SSSR count). The van der Waals surface area contributed by atoms with E-state index < -0.39 is 0 Å². The molecule has 0 fully saturated rings. The number of anilines is 2. The zero-order valence-electron chi connectivity index (χ0n) is 12.3. The average molecular weight is 349 g/mol. The second kappa shape index (κ2) is 6.48. The molecule has 5 nitrogen and oxygen atoms in total. The topological polar surface area (TPSA) is 59.0 Å². The highest BCUT2D eigenvalue weighted by Gasteiger charge is 2.12. The first-order chi connectivity index (χ1) is 11.1. The first-order valence-corrected chi connectivity index (χ1v) is 7.71. The highest BCUT2D eigenvalue weighted by atomic mass is 35.5. The Morgan fingerprint density at radius 3 is 2.65 bits per heavy atom. The van der Waals surface area contributed by atoms with Gasteiger partial charge in [-0.3, -0.25) is 4.79 Å². The van der Waals surface area contributed by atoms with Crippen molar-refractivity contribution in [3.05, 3.63) is 52.8 Å². The van der Waals surface area contributed by atoms with Gasteiger partial charge in [-0.05, 0) is 24.3 Å². The summed E-state index contributed by atoms with van der Waals surface area (Å²) in [6.45, 7) is 0.246. The van der Waals surface area contributed by atoms with Crippen molar-refractivity contribution in [2.45, 2.75) is 6.54 Å². The van der Waals surface area contributed by atoms with Crippen LogP contribution in [0.4, 0.5) is 11.5 Å². The van der Waals surface area contributed by atoms with E-state index in [1.165, 1.54) is 0 Å². The van der Waals surface area contributed by atoms with Gasteiger partial charge in [0.05, 0.1) is 21.2 Å². The first-order valence-electron chi connectivity index (χ1n) is 6.95. The van der Waals surface area contributed by atoms with Gasteiger partial charge >= 0.3 is 0 Å². The van der Waals surface area contributed by atoms with Crippen molar-refractivity contribution in [2.24, 2.45) is 0 Å². The highest BCUT2D eigenvalue weighted by Crippen LogP contribution is 2.34. The maximum absolute atomic E-state index is 11.6. The lowest BCUT2D eigenvalue weighted by molar-refractivity contribution is -0.121. The van der Waals surface area contributed by atoms with Crippen molar-refractivity contribution >= 4 is 51.5 Å². The summed E-state index contributed by atoms with van der Waals surface area (Å²) < 4.78 is 1.86. The van der Waals surface area contributed by atoms with Gasteiger partial charge in [-0.15, -0.1) is 0 Å². The summed E-state index contributed by atoms with van der Waals surface area (Å²) in [5.41, 5.74) is 1.50. The van der Waals surface area contributed by atoms with Crippen molar-refractivity contribution in [1.29, 1.82) is 0 Å². The number of rotatable bonds is 4. The van der Waals surface area contributed by atoms with Crippen molar-refractivity contribution in [2.75, 3.05) is 12.4 Å². The molecule has 0 unspecified atom stereocenters. The Morgan fingerprint density at radius 2 is 1.96 bits per heavy atom. The van der Waals surface area contributed by atoms with Gasteiger partial charge in [-0.2, -0.15) is 0 Å². The van der Waals surface area contributed by atoms with E-state index in [1.807, 2.05) is 22.9 Å². The quantitative estimate of drug-likeness (QED) is 0.753. The summed E-state index contributed by atoms with van der Waals surface area (Å²) in [7, 11) is 1.61. The predicted octanol–water partition coefficient (Wildman–Crippen LogP) is 3.83. The predicted molar refractivity (Wildman–Crippen MR) is 93.5 cm³/mol. The molecule has 0 saturated heterocycles. The fraction of sp³-hybridized carbons (Fsp3) is 0.125. The Bertz CT molecular complexity index is 855. The van der Waals surface area contributed by atoms with Crippen LogP contribution in [-0.2, 0) is 11.3 Å². The number of likely N-dealkylation sites (N-methyl/N-ethyl adjacent to an activating group) is 1. The molecule has 1 aromatic carbocycles. The summed E-state index contributed by atoms with van der Waals surface area (Å²) in [4.78, 5) is 15.9. The molecule has 2 N–H and O–H groups in total. The van der Waals surface area contributed by atoms with Crippen molar-refractivity contribution in [1.82, 2.24) is 14.9 Å². The van der Waals surface area contributed by atoms with E-state index in [0.29, 0.717) is 21.6 Å². The maximum Gasteiger partial charge on any atom is 0.239 e. The van der Waals surface area contributed by atoms with Crippen LogP contribution in [0, 0.1) is 0 Å². The van der Waals surface area contributed by atoms with Gasteiger partial charge in [0.15, 0.2) is 0 Å². The Balaban J connectivity index is 2.01. The molecule has 0 bridgehead atoms. The molecule has 0 saturated carbocycles. The third kappa shape index (κ3) is 3.11. The van der Waals surface area contributed by atoms with Gasteiger partial charge in [-0.25, -0.2) is 4.98 Å². The number of hydrogen-bond donors (Lipinski definition) is 2. The maximum atomic E-state index is 11.6. The molecule has 2 heterocycles. The van der Waals surface area contributed by atoms with E-state index in [0.717, 1.165) is 10.9 Å². The second-order valence-electron chi connectivity index (χ2n) is 4.93. The monoisotopic (exact) mass is 348 g/mol. The van der Waals surface area contributed by atoms with Crippen LogP contribution >= 0.6 is 23.2 Å². The Morgan fingerprint density at radius 1 is 1.22 bits per heavy atom. The van der Waals surface area contributed by atoms with Gasteiger partial charge in [0, 0.05) is 24.8 Å². The van der Waals surface area contributed by atoms with Crippen molar-refractivity contribution < 1.29 is 4.79 Å². The number of halogens is 2. The van der Waals surface area contributed by atoms with Gasteiger partial charge < -0.3 is 15.2 Å². The largest absolute Gasteiger partial charge is 0.358 e. The zero-order valence-corrected chi connectivity index (χ0v) is 13.8. The van der Waals surface area contributed by atoms with Crippen LogP contribution in [0.15, 0.2) is 42.7 Å². The van der Waals surface area contributed by atoms with Gasteiger partial charge in [-0.1, -0.05) is 29.3 Å². The Hall–Kier alpha value is -2.24. The highest BCUT2D eigenvalue weighted by molar-refractivity contribution is 6.39. The number of aromatic nitrogens is 2. The van der Waals surface area contributed by atoms with E-state index in [1.54, 1.807) is 31.4 Å². The van der Waals surface area contributed by atoms with Crippen molar-refractivity contribution in [3.8, 4) is 0 Å². The smallest absolute Gasteiger partial charge is 0.239 e. The Labute approximate surface area is 143 Å². The summed E-state index contributed by atoms with van der Waals surface area (Å²) in [5, 5.41) is 7.70. The van der Waals surface area contributed by atoms with E-state index in [-0.39, 0.29) is 12.5 Å². The summed E-state index contributed by atoms with van der Waals surface area (Å²) in [6, 6.07) is 9.05. The minimum absolute atomic E-state index is 0.0667. The van der Waals surface area contributed by atoms with E-state index in [4.69, 9.17) is 23.2 Å². The molecule has 2 aromatic heterocycles. The van der Waals surface area contributed by atoms with Crippen LogP contribution in [0.25, 0.3) is 10.9 Å². The summed E-state index contributed by atoms with van der Waals surface area (Å²) >= 11 is 12.4. The fourth-order valence-electron chi connectivity index (χ4n) is 2.33. The van der Waals surface area contributed by atoms with E-state index >= 15 is 0 Å². The third-order valence-corrected chi connectivity index (χ3v) is 4.13. The lowest BCUT2D eigenvalue weighted by atomic mass is 10.2. The molecule has 0 spiro atoms. The van der Waals surface area contributed by atoms with Crippen LogP contribution in [-0.4, -0.2) is 22.5 Å². The molecular weight excluding hydrogens is 335 g/mol. The lowest BCUT2D eigenvalue weighted by Gasteiger charge is -2.11. The average Bonchev–Trinajstić information content (AvgIpc) is 2.95. The summed E-state index contributed by atoms with van der Waals surface area (Å²) in [6.07, 6.45) is 3.52. The molecule has 0 aliphatic rings. The molecule has 0 aliphatic heterocycles. The zero-order chi connectivity index (χ0) is 16.4. The number of carbonyl (C=O) groups is 1. The van der Waals surface area contributed by atoms with E-state index in [9.17, 15) is 4.79 Å². The normalized spacial score (nSPS) is 10.7. The number of benzene rings is 1. The van der Waals surface area contributed by atoms with Crippen LogP contribution in [0.1, 0.15) is 0 Å². The van der Waals surface area contributed by atoms with E-state index in [2.05, 4.69) is 15.6 Å². The number of para-hydroxylation sites is 1. The molecule has 0 atom stereocenters.